The van der Waals surface area contributed by atoms with E-state index in [0.29, 0.717) is 51.6 Å². The van der Waals surface area contributed by atoms with Gasteiger partial charge in [-0.2, -0.15) is 17.6 Å². The van der Waals surface area contributed by atoms with Crippen LogP contribution < -0.4 is 63.8 Å². The molecule has 32 heteroatoms. The third-order valence-electron chi connectivity index (χ3n) is 17.1. The normalized spacial score (nSPS) is 14.3. The van der Waals surface area contributed by atoms with E-state index in [0.717, 1.165) is 5.56 Å². The molecule has 0 heterocycles. The van der Waals surface area contributed by atoms with Crippen LogP contribution in [0, 0.1) is 82.0 Å². The highest BCUT2D eigenvalue weighted by Gasteiger charge is 2.38. The smallest absolute Gasteiger partial charge is 0.258 e. The van der Waals surface area contributed by atoms with Crippen LogP contribution in [-0.2, 0) is 44.8 Å². The number of phenolic OH excluding ortho intramolecular Hbond substituents is 2. The number of likely N-dealkylation sites (N-methyl/N-ethyl adjacent to an activating group) is 2. The average molecular weight is 1530 g/mol. The summed E-state index contributed by atoms with van der Waals surface area (Å²) in [6, 6.07) is 0.0133. The topological polar surface area (TPSA) is 356 Å². The largest absolute Gasteiger partial charge is 0.503 e. The lowest BCUT2D eigenvalue weighted by Gasteiger charge is -2.29. The van der Waals surface area contributed by atoms with Crippen LogP contribution in [-0.4, -0.2) is 156 Å². The van der Waals surface area contributed by atoms with Gasteiger partial charge in [-0.25, -0.2) is 17.6 Å². The lowest BCUT2D eigenvalue weighted by molar-refractivity contribution is -0.131. The first kappa shape index (κ1) is 94.4. The van der Waals surface area contributed by atoms with Gasteiger partial charge < -0.3 is 74.0 Å². The zero-order valence-corrected chi connectivity index (χ0v) is 64.5. The molecule has 3 aromatic rings. The number of hydrogen-bond donors (Lipinski definition) is 14. The van der Waals surface area contributed by atoms with Crippen LogP contribution in [0.1, 0.15) is 202 Å². The Morgan fingerprint density at radius 2 is 0.664 bits per heavy atom. The predicted octanol–water partition coefficient (Wildman–Crippen LogP) is 7.94. The fraction of sp³-hybridized carbons (Fsp3) is 0.627. The maximum Gasteiger partial charge on any atom is 0.258 e. The zero-order valence-electron chi connectivity index (χ0n) is 64.5. The molecule has 0 aliphatic rings. The third kappa shape index (κ3) is 30.1. The molecule has 107 heavy (non-hydrogen) atoms. The molecule has 602 valence electrons. The Morgan fingerprint density at radius 3 is 0.953 bits per heavy atom. The molecule has 0 bridgehead atoms. The molecule has 0 radical (unpaired) electrons. The van der Waals surface area contributed by atoms with Crippen LogP contribution >= 0.6 is 0 Å². The summed E-state index contributed by atoms with van der Waals surface area (Å²) in [5, 5.41) is 51.5. The fourth-order valence-electron chi connectivity index (χ4n) is 11.5. The van der Waals surface area contributed by atoms with Gasteiger partial charge in [0.15, 0.2) is 34.8 Å². The van der Waals surface area contributed by atoms with Gasteiger partial charge in [0.2, 0.25) is 70.5 Å². The molecule has 10 atom stereocenters. The lowest BCUT2D eigenvalue weighted by Crippen LogP contribution is -2.58. The number of carbonyl (C=O) groups is 10. The molecule has 0 aliphatic carbocycles. The Morgan fingerprint density at radius 1 is 0.355 bits per heavy atom. The Labute approximate surface area is 622 Å². The van der Waals surface area contributed by atoms with E-state index in [1.54, 1.807) is 55.4 Å². The van der Waals surface area contributed by atoms with Crippen molar-refractivity contribution >= 4 is 59.1 Å². The van der Waals surface area contributed by atoms with Gasteiger partial charge in [-0.15, -0.1) is 0 Å². The van der Waals surface area contributed by atoms with Gasteiger partial charge in [0, 0.05) is 38.3 Å². The van der Waals surface area contributed by atoms with E-state index in [9.17, 15) is 93.3 Å². The zero-order chi connectivity index (χ0) is 81.4. The van der Waals surface area contributed by atoms with Crippen molar-refractivity contribution in [2.24, 2.45) is 35.5 Å². The summed E-state index contributed by atoms with van der Waals surface area (Å²) in [5.41, 5.74) is -2.46. The number of phenols is 2. The highest BCUT2D eigenvalue weighted by molar-refractivity contribution is 6.00. The highest BCUT2D eigenvalue weighted by Crippen LogP contribution is 2.31. The molecule has 0 saturated carbocycles. The monoisotopic (exact) mass is 1530 g/mol. The van der Waals surface area contributed by atoms with Gasteiger partial charge in [0.05, 0.1) is 12.1 Å². The van der Waals surface area contributed by atoms with Crippen LogP contribution in [0.5, 0.6) is 11.5 Å². The van der Waals surface area contributed by atoms with Crippen LogP contribution in [0.25, 0.3) is 0 Å². The van der Waals surface area contributed by atoms with Crippen molar-refractivity contribution in [3.05, 3.63) is 93.6 Å². The van der Waals surface area contributed by atoms with E-state index in [1.165, 1.54) is 0 Å². The quantitative estimate of drug-likeness (QED) is 0.0189. The van der Waals surface area contributed by atoms with Crippen molar-refractivity contribution in [3.8, 4) is 11.5 Å². The molecule has 24 nitrogen and oxygen atoms in total. The van der Waals surface area contributed by atoms with E-state index in [2.05, 4.69) is 63.8 Å². The number of aromatic hydroxyl groups is 2. The van der Waals surface area contributed by atoms with Crippen molar-refractivity contribution in [3.63, 3.8) is 0 Å². The number of aryl methyl sites for hydroxylation is 1. The van der Waals surface area contributed by atoms with Crippen LogP contribution in [0.4, 0.5) is 35.1 Å². The second-order valence-corrected chi connectivity index (χ2v) is 28.9. The molecular formula is C75H114F8N12O12. The van der Waals surface area contributed by atoms with E-state index in [1.807, 2.05) is 92.6 Å². The molecule has 10 amide bonds. The minimum Gasteiger partial charge on any atom is -0.503 e. The van der Waals surface area contributed by atoms with Gasteiger partial charge in [-0.1, -0.05) is 141 Å². The van der Waals surface area contributed by atoms with Crippen molar-refractivity contribution in [2.75, 3.05) is 26.2 Å². The van der Waals surface area contributed by atoms with E-state index in [4.69, 9.17) is 0 Å². The second kappa shape index (κ2) is 46.5. The van der Waals surface area contributed by atoms with Gasteiger partial charge in [0.25, 0.3) is 11.8 Å². The number of carbonyl (C=O) groups excluding carboxylic acids is 10. The van der Waals surface area contributed by atoms with Gasteiger partial charge in [-0.3, -0.25) is 47.9 Å². The molecule has 14 N–H and O–H groups in total. The molecular weight excluding hydrogens is 1410 g/mol. The average Bonchev–Trinajstić information content (AvgIpc) is 0.791. The number of rotatable bonds is 43. The number of halogens is 8. The van der Waals surface area contributed by atoms with Crippen molar-refractivity contribution in [2.45, 2.75) is 242 Å². The first-order chi connectivity index (χ1) is 50.1. The Kier molecular flexibility index (Phi) is 41.0. The van der Waals surface area contributed by atoms with E-state index >= 15 is 0 Å². The SMILES string of the molecule is CCC[C@H](NC(=O)[C@H](CC(C)C)NC(=O)c1c(F)c(F)c(O)c(F)c1F)C(=O)N[C@H](CN[C@@H](CC)C(=O)N[C@H](C(=O)NCC)C(C)C)CC(C)C.CCNC(=O)[C@@H](NC(=O)[C@H](CC)NC[C@H](CC(C)C)NC(=O)[C@H](CCc1ccccc1)NC(=O)[C@H](CC(C)C)NC(=O)c1c(F)c(F)c(O)c(F)c1F)C(C)C. The molecule has 0 fully saturated rings. The lowest BCUT2D eigenvalue weighted by atomic mass is 9.99. The maximum absolute atomic E-state index is 14.6. The van der Waals surface area contributed by atoms with Crippen LogP contribution in [0.15, 0.2) is 30.3 Å². The molecule has 0 spiro atoms. The first-order valence-corrected chi connectivity index (χ1v) is 36.7. The summed E-state index contributed by atoms with van der Waals surface area (Å²) in [7, 11) is 0. The number of nitrogens with one attached hydrogen (secondary N) is 12. The minimum atomic E-state index is -2.17. The molecule has 0 aliphatic heterocycles. The minimum absolute atomic E-state index is 0.0670. The molecule has 3 rings (SSSR count). The van der Waals surface area contributed by atoms with Crippen molar-refractivity contribution < 1.29 is 93.3 Å². The standard InChI is InChI=1S/C40H58F4N6O6.C35H56F4N6O6/c1-9-26(36(52)50-34(23(7)8)40(56)45-10-2)46-20-25(18-21(3)4)47-37(53)27(17-16-24-14-12-11-13-15-24)48-38(54)28(19-22(5)6)49-39(55)29-30(41)32(43)35(51)33(44)31(29)42;1-10-13-22(43-33(49)23(15-18(6)7)44-34(50)24-25(36)27(38)30(46)28(39)26(24)37)32(48)42-20(14-17(4)5)16-41-21(11-2)31(47)45-29(19(8)9)35(51)40-12-3/h11-15,21-23,25-28,34,46,51H,9-10,16-20H2,1-8H3,(H,45,56)(H,47,53)(H,48,54)(H,49,55)(H,50,52);17-23,29,41,46H,10-16H2,1-9H3,(H,40,51)(H,42,48)(H,43,49)(H,44,50)(H,45,47)/t25-,26-,27-,28-,34-;20-,21-,22-,23-,29-/m00/s1. The van der Waals surface area contributed by atoms with Gasteiger partial charge in [0.1, 0.15) is 47.4 Å². The molecule has 0 saturated heterocycles. The van der Waals surface area contributed by atoms with Gasteiger partial charge >= 0.3 is 0 Å². The van der Waals surface area contributed by atoms with Crippen molar-refractivity contribution in [1.29, 1.82) is 0 Å². The van der Waals surface area contributed by atoms with E-state index in [-0.39, 0.29) is 97.9 Å². The third-order valence-corrected chi connectivity index (χ3v) is 17.1. The molecule has 0 unspecified atom stereocenters. The summed E-state index contributed by atoms with van der Waals surface area (Å²) in [5.74, 6) is -29.3. The number of benzene rings is 3. The van der Waals surface area contributed by atoms with Gasteiger partial charge in [-0.05, 0) is 113 Å². The summed E-state index contributed by atoms with van der Waals surface area (Å²) >= 11 is 0. The number of hydrogen-bond acceptors (Lipinski definition) is 14. The second-order valence-electron chi connectivity index (χ2n) is 28.9. The fourth-order valence-corrected chi connectivity index (χ4v) is 11.5. The molecule has 0 aromatic heterocycles. The highest BCUT2D eigenvalue weighted by atomic mass is 19.2. The maximum atomic E-state index is 14.6. The predicted molar refractivity (Wildman–Crippen MR) is 389 cm³/mol. The van der Waals surface area contributed by atoms with Crippen molar-refractivity contribution in [1.82, 2.24) is 63.8 Å². The summed E-state index contributed by atoms with van der Waals surface area (Å²) in [4.78, 5) is 132. The Hall–Kier alpha value is -8.68. The van der Waals surface area contributed by atoms with E-state index < -0.39 is 165 Å². The summed E-state index contributed by atoms with van der Waals surface area (Å²) < 4.78 is 114. The summed E-state index contributed by atoms with van der Waals surface area (Å²) in [6.45, 7) is 32.0. The Bertz CT molecular complexity index is 3390. The summed E-state index contributed by atoms with van der Waals surface area (Å²) in [6.07, 6.45) is 2.67. The molecule has 3 aromatic carbocycles. The van der Waals surface area contributed by atoms with Crippen LogP contribution in [0.2, 0.25) is 0 Å². The Balaban J connectivity index is 0.000000730. The first-order valence-electron chi connectivity index (χ1n) is 36.7. The number of amides is 10. The van der Waals surface area contributed by atoms with Crippen LogP contribution in [0.3, 0.4) is 0 Å².